The number of nitrogens with zero attached hydrogens (tertiary/aromatic N) is 1. The van der Waals surface area contributed by atoms with E-state index in [9.17, 15) is 0 Å². The van der Waals surface area contributed by atoms with Crippen molar-refractivity contribution in [3.63, 3.8) is 0 Å². The lowest BCUT2D eigenvalue weighted by Crippen LogP contribution is -2.27. The van der Waals surface area contributed by atoms with Crippen LogP contribution in [-0.2, 0) is 9.47 Å². The zero-order valence-corrected chi connectivity index (χ0v) is 7.68. The Balaban J connectivity index is 2.56. The van der Waals surface area contributed by atoms with Crippen molar-refractivity contribution in [2.75, 3.05) is 20.2 Å². The molecule has 0 bridgehead atoms. The summed E-state index contributed by atoms with van der Waals surface area (Å²) in [6.07, 6.45) is 0.650. The molecule has 0 fully saturated rings. The second kappa shape index (κ2) is 2.72. The summed E-state index contributed by atoms with van der Waals surface area (Å²) in [4.78, 5) is 0. The highest BCUT2D eigenvalue weighted by molar-refractivity contribution is 5.62. The predicted octanol–water partition coefficient (Wildman–Crippen LogP) is 0.830. The number of likely N-dealkylation sites (N-methyl/N-ethyl adjacent to an activating group) is 1. The van der Waals surface area contributed by atoms with E-state index in [2.05, 4.69) is 0 Å². The van der Waals surface area contributed by atoms with Gasteiger partial charge in [-0.15, -0.1) is 0 Å². The van der Waals surface area contributed by atoms with Crippen LogP contribution in [0.2, 0.25) is 0 Å². The topological polar surface area (TPSA) is 21.5 Å². The molecule has 0 aromatic rings. The van der Waals surface area contributed by atoms with Crippen LogP contribution in [0.5, 0.6) is 0 Å². The zero-order chi connectivity index (χ0) is 8.48. The van der Waals surface area contributed by atoms with Gasteiger partial charge >= 0.3 is 6.08 Å². The van der Waals surface area contributed by atoms with E-state index in [0.29, 0.717) is 6.08 Å². The van der Waals surface area contributed by atoms with Crippen molar-refractivity contribution in [2.24, 2.45) is 0 Å². The molecule has 0 spiro atoms. The molecule has 0 aliphatic carbocycles. The Bertz CT molecular complexity index is 179. The highest BCUT2D eigenvalue weighted by atomic mass is 16.7. The number of hydrogen-bond donors (Lipinski definition) is 0. The molecule has 0 aromatic heterocycles. The summed E-state index contributed by atoms with van der Waals surface area (Å²) in [5, 5.41) is 0. The largest absolute Gasteiger partial charge is 0.549 e. The van der Waals surface area contributed by atoms with Gasteiger partial charge in [0.1, 0.15) is 12.6 Å². The van der Waals surface area contributed by atoms with E-state index < -0.39 is 0 Å². The summed E-state index contributed by atoms with van der Waals surface area (Å²) >= 11 is 0. The van der Waals surface area contributed by atoms with Crippen molar-refractivity contribution >= 4 is 6.08 Å². The number of ether oxygens (including phenoxy) is 2. The summed E-state index contributed by atoms with van der Waals surface area (Å²) < 4.78 is 12.8. The molecule has 0 atom stereocenters. The SMILES string of the molecule is C[N+]1=C(OC(C)(C)C)OCC1. The molecule has 0 N–H and O–H groups in total. The lowest BCUT2D eigenvalue weighted by Gasteiger charge is -2.16. The van der Waals surface area contributed by atoms with Gasteiger partial charge in [-0.2, -0.15) is 4.58 Å². The minimum atomic E-state index is -0.159. The molecular formula is C8H16NO2+. The van der Waals surface area contributed by atoms with E-state index in [-0.39, 0.29) is 5.60 Å². The first kappa shape index (κ1) is 8.37. The molecular weight excluding hydrogens is 142 g/mol. The van der Waals surface area contributed by atoms with Crippen LogP contribution in [0.3, 0.4) is 0 Å². The van der Waals surface area contributed by atoms with Gasteiger partial charge in [0.25, 0.3) is 0 Å². The zero-order valence-electron chi connectivity index (χ0n) is 7.68. The lowest BCUT2D eigenvalue weighted by atomic mass is 10.2. The highest BCUT2D eigenvalue weighted by Gasteiger charge is 2.27. The Hall–Kier alpha value is -0.730. The van der Waals surface area contributed by atoms with Gasteiger partial charge in [-0.1, -0.05) is 0 Å². The van der Waals surface area contributed by atoms with Gasteiger partial charge < -0.3 is 9.47 Å². The Morgan fingerprint density at radius 2 is 2.09 bits per heavy atom. The van der Waals surface area contributed by atoms with Crippen molar-refractivity contribution in [1.82, 2.24) is 0 Å². The van der Waals surface area contributed by atoms with E-state index in [1.807, 2.05) is 32.4 Å². The van der Waals surface area contributed by atoms with Crippen LogP contribution in [-0.4, -0.2) is 36.5 Å². The first-order chi connectivity index (χ1) is 4.99. The van der Waals surface area contributed by atoms with Crippen molar-refractivity contribution < 1.29 is 14.0 Å². The maximum Gasteiger partial charge on any atom is 0.549 e. The molecule has 11 heavy (non-hydrogen) atoms. The summed E-state index contributed by atoms with van der Waals surface area (Å²) in [6.45, 7) is 7.69. The molecule has 1 aliphatic heterocycles. The Kier molecular flexibility index (Phi) is 2.07. The molecule has 64 valence electrons. The van der Waals surface area contributed by atoms with Gasteiger partial charge in [-0.25, -0.2) is 0 Å². The maximum absolute atomic E-state index is 5.53. The minimum Gasteiger partial charge on any atom is -0.409 e. The van der Waals surface area contributed by atoms with Crippen LogP contribution in [0.25, 0.3) is 0 Å². The van der Waals surface area contributed by atoms with Crippen LogP contribution in [0, 0.1) is 0 Å². The number of rotatable bonds is 0. The van der Waals surface area contributed by atoms with Crippen molar-refractivity contribution in [3.8, 4) is 0 Å². The smallest absolute Gasteiger partial charge is 0.409 e. The van der Waals surface area contributed by atoms with Crippen LogP contribution < -0.4 is 0 Å². The van der Waals surface area contributed by atoms with Gasteiger partial charge in [0.05, 0.1) is 0 Å². The molecule has 0 unspecified atom stereocenters. The molecule has 0 saturated carbocycles. The number of hydrogen-bond acceptors (Lipinski definition) is 2. The van der Waals surface area contributed by atoms with Crippen molar-refractivity contribution in [1.29, 1.82) is 0 Å². The first-order valence-electron chi connectivity index (χ1n) is 3.89. The second-order valence-corrected chi connectivity index (χ2v) is 3.75. The van der Waals surface area contributed by atoms with E-state index >= 15 is 0 Å². The monoisotopic (exact) mass is 158 g/mol. The van der Waals surface area contributed by atoms with Gasteiger partial charge in [0, 0.05) is 0 Å². The van der Waals surface area contributed by atoms with Crippen LogP contribution in [0.15, 0.2) is 0 Å². The molecule has 0 radical (unpaired) electrons. The summed E-state index contributed by atoms with van der Waals surface area (Å²) in [7, 11) is 1.97. The van der Waals surface area contributed by atoms with Crippen LogP contribution in [0.4, 0.5) is 0 Å². The van der Waals surface area contributed by atoms with Crippen molar-refractivity contribution in [3.05, 3.63) is 0 Å². The van der Waals surface area contributed by atoms with Gasteiger partial charge in [0.15, 0.2) is 13.2 Å². The van der Waals surface area contributed by atoms with Gasteiger partial charge in [-0.05, 0) is 20.8 Å². The van der Waals surface area contributed by atoms with E-state index in [1.165, 1.54) is 0 Å². The normalized spacial score (nSPS) is 18.5. The maximum atomic E-state index is 5.53. The Labute approximate surface area is 67.6 Å². The summed E-state index contributed by atoms with van der Waals surface area (Å²) in [5.74, 6) is 0. The molecule has 0 saturated heterocycles. The van der Waals surface area contributed by atoms with Crippen LogP contribution in [0.1, 0.15) is 20.8 Å². The predicted molar refractivity (Wildman–Crippen MR) is 42.8 cm³/mol. The molecule has 1 rings (SSSR count). The van der Waals surface area contributed by atoms with Crippen LogP contribution >= 0.6 is 0 Å². The third-order valence-electron chi connectivity index (χ3n) is 1.36. The second-order valence-electron chi connectivity index (χ2n) is 3.75. The summed E-state index contributed by atoms with van der Waals surface area (Å²) in [6, 6.07) is 0. The lowest BCUT2D eigenvalue weighted by molar-refractivity contribution is -0.497. The molecule has 3 nitrogen and oxygen atoms in total. The fourth-order valence-corrected chi connectivity index (χ4v) is 0.841. The average Bonchev–Trinajstić information content (AvgIpc) is 2.12. The van der Waals surface area contributed by atoms with E-state index in [0.717, 1.165) is 13.2 Å². The quantitative estimate of drug-likeness (QED) is 0.487. The first-order valence-corrected chi connectivity index (χ1v) is 3.89. The highest BCUT2D eigenvalue weighted by Crippen LogP contribution is 2.09. The molecule has 1 aliphatic rings. The van der Waals surface area contributed by atoms with Crippen molar-refractivity contribution in [2.45, 2.75) is 26.4 Å². The van der Waals surface area contributed by atoms with E-state index in [4.69, 9.17) is 9.47 Å². The van der Waals surface area contributed by atoms with E-state index in [1.54, 1.807) is 0 Å². The molecule has 0 aromatic carbocycles. The molecule has 3 heteroatoms. The third kappa shape index (κ3) is 2.41. The standard InChI is InChI=1S/C8H16NO2/c1-8(2,3)11-7-9(4)5-6-10-7/h5-6H2,1-4H3/q+1. The fourth-order valence-electron chi connectivity index (χ4n) is 0.841. The van der Waals surface area contributed by atoms with Gasteiger partial charge in [0.2, 0.25) is 0 Å². The minimum absolute atomic E-state index is 0.159. The van der Waals surface area contributed by atoms with Gasteiger partial charge in [-0.3, -0.25) is 0 Å². The molecule has 0 amide bonds. The Morgan fingerprint density at radius 3 is 2.45 bits per heavy atom. The third-order valence-corrected chi connectivity index (χ3v) is 1.36. The Morgan fingerprint density at radius 1 is 1.45 bits per heavy atom. The fraction of sp³-hybridized carbons (Fsp3) is 0.875. The molecule has 1 heterocycles. The average molecular weight is 158 g/mol. The summed E-state index contributed by atoms with van der Waals surface area (Å²) in [5.41, 5.74) is -0.159.